The van der Waals surface area contributed by atoms with Gasteiger partial charge in [-0.3, -0.25) is 14.3 Å². The SMILES string of the molecule is CCCOC(=O)c1c(NC(=O)c2cnn(CC(=O)O)c2)sc(C(=O)OC)c1C. The Morgan fingerprint density at radius 2 is 2.00 bits per heavy atom. The summed E-state index contributed by atoms with van der Waals surface area (Å²) in [6, 6.07) is 0. The summed E-state index contributed by atoms with van der Waals surface area (Å²) in [5.41, 5.74) is 0.514. The molecule has 0 atom stereocenters. The van der Waals surface area contributed by atoms with Gasteiger partial charge in [0.1, 0.15) is 16.4 Å². The van der Waals surface area contributed by atoms with Crippen LogP contribution < -0.4 is 5.32 Å². The number of carboxylic acid groups (broad SMARTS) is 1. The Morgan fingerprint density at radius 3 is 2.61 bits per heavy atom. The topological polar surface area (TPSA) is 137 Å². The first-order valence-electron chi connectivity index (χ1n) is 8.22. The number of ether oxygens (including phenoxy) is 2. The number of rotatable bonds is 8. The van der Waals surface area contributed by atoms with Crippen LogP contribution in [0.2, 0.25) is 0 Å². The minimum Gasteiger partial charge on any atom is -0.480 e. The number of carboxylic acids is 1. The van der Waals surface area contributed by atoms with Crippen LogP contribution in [0, 0.1) is 6.92 Å². The molecule has 2 aromatic rings. The Kier molecular flexibility index (Phi) is 6.88. The van der Waals surface area contributed by atoms with E-state index < -0.39 is 30.4 Å². The third-order valence-corrected chi connectivity index (χ3v) is 4.77. The molecular weight excluding hydrogens is 390 g/mol. The molecule has 2 heterocycles. The van der Waals surface area contributed by atoms with E-state index in [0.29, 0.717) is 12.0 Å². The maximum Gasteiger partial charge on any atom is 0.348 e. The zero-order valence-electron chi connectivity index (χ0n) is 15.5. The Bertz CT molecular complexity index is 916. The van der Waals surface area contributed by atoms with Crippen LogP contribution in [-0.2, 0) is 20.8 Å². The highest BCUT2D eigenvalue weighted by Crippen LogP contribution is 2.34. The van der Waals surface area contributed by atoms with Gasteiger partial charge in [-0.1, -0.05) is 6.92 Å². The molecule has 150 valence electrons. The van der Waals surface area contributed by atoms with Crippen molar-refractivity contribution in [2.75, 3.05) is 19.0 Å². The Morgan fingerprint density at radius 1 is 1.29 bits per heavy atom. The second-order valence-electron chi connectivity index (χ2n) is 5.66. The number of nitrogens with one attached hydrogen (secondary N) is 1. The second kappa shape index (κ2) is 9.13. The molecular formula is C17H19N3O7S. The lowest BCUT2D eigenvalue weighted by molar-refractivity contribution is -0.137. The first kappa shape index (κ1) is 21.1. The minimum atomic E-state index is -1.10. The molecule has 0 saturated carbocycles. The number of anilines is 1. The maximum atomic E-state index is 12.5. The van der Waals surface area contributed by atoms with Crippen LogP contribution in [0.25, 0.3) is 0 Å². The summed E-state index contributed by atoms with van der Waals surface area (Å²) < 4.78 is 10.9. The lowest BCUT2D eigenvalue weighted by Crippen LogP contribution is -2.15. The number of amides is 1. The maximum absolute atomic E-state index is 12.5. The van der Waals surface area contributed by atoms with Crippen molar-refractivity contribution in [3.63, 3.8) is 0 Å². The summed E-state index contributed by atoms with van der Waals surface area (Å²) in [6.45, 7) is 3.19. The van der Waals surface area contributed by atoms with E-state index in [0.717, 1.165) is 16.0 Å². The zero-order chi connectivity index (χ0) is 20.8. The summed E-state index contributed by atoms with van der Waals surface area (Å²) in [5, 5.41) is 15.3. The fourth-order valence-electron chi connectivity index (χ4n) is 2.28. The Balaban J connectivity index is 2.33. The molecule has 0 aliphatic carbocycles. The number of hydrogen-bond donors (Lipinski definition) is 2. The van der Waals surface area contributed by atoms with Crippen molar-refractivity contribution >= 4 is 40.2 Å². The van der Waals surface area contributed by atoms with Gasteiger partial charge in [0.25, 0.3) is 5.91 Å². The van der Waals surface area contributed by atoms with E-state index in [1.807, 2.05) is 6.92 Å². The van der Waals surface area contributed by atoms with E-state index in [-0.39, 0.29) is 27.6 Å². The van der Waals surface area contributed by atoms with E-state index in [2.05, 4.69) is 10.4 Å². The van der Waals surface area contributed by atoms with Crippen LogP contribution in [0.4, 0.5) is 5.00 Å². The molecule has 0 spiro atoms. The number of carbonyl (C=O) groups excluding carboxylic acids is 3. The van der Waals surface area contributed by atoms with Crippen molar-refractivity contribution in [2.24, 2.45) is 0 Å². The van der Waals surface area contributed by atoms with Crippen LogP contribution in [0.5, 0.6) is 0 Å². The molecule has 0 unspecified atom stereocenters. The summed E-state index contributed by atoms with van der Waals surface area (Å²) in [6.07, 6.45) is 3.08. The second-order valence-corrected chi connectivity index (χ2v) is 6.68. The van der Waals surface area contributed by atoms with Crippen LogP contribution >= 0.6 is 11.3 Å². The molecule has 11 heteroatoms. The molecule has 0 aliphatic rings. The first-order chi connectivity index (χ1) is 13.3. The number of hydrogen-bond acceptors (Lipinski definition) is 8. The molecule has 2 rings (SSSR count). The minimum absolute atomic E-state index is 0.0742. The first-order valence-corrected chi connectivity index (χ1v) is 9.04. The highest BCUT2D eigenvalue weighted by molar-refractivity contribution is 7.18. The van der Waals surface area contributed by atoms with Crippen LogP contribution in [0.3, 0.4) is 0 Å². The standard InChI is InChI=1S/C17H19N3O7S/c1-4-5-27-16(24)12-9(2)13(17(25)26-3)28-15(12)19-14(23)10-6-18-20(7-10)8-11(21)22/h6-7H,4-5,8H2,1-3H3,(H,19,23)(H,21,22). The Labute approximate surface area is 164 Å². The Hall–Kier alpha value is -3.21. The number of aromatic nitrogens is 2. The van der Waals surface area contributed by atoms with Gasteiger partial charge in [0.2, 0.25) is 0 Å². The van der Waals surface area contributed by atoms with E-state index in [9.17, 15) is 19.2 Å². The third kappa shape index (κ3) is 4.74. The quantitative estimate of drug-likeness (QED) is 0.631. The van der Waals surface area contributed by atoms with Crippen molar-refractivity contribution in [3.05, 3.63) is 34.0 Å². The van der Waals surface area contributed by atoms with Gasteiger partial charge in [-0.05, 0) is 18.9 Å². The van der Waals surface area contributed by atoms with Crippen molar-refractivity contribution in [3.8, 4) is 0 Å². The molecule has 10 nitrogen and oxygen atoms in total. The smallest absolute Gasteiger partial charge is 0.348 e. The predicted octanol–water partition coefficient (Wildman–Crippen LogP) is 1.94. The van der Waals surface area contributed by atoms with Crippen molar-refractivity contribution in [1.82, 2.24) is 9.78 Å². The summed E-state index contributed by atoms with van der Waals surface area (Å²) in [7, 11) is 1.21. The lowest BCUT2D eigenvalue weighted by atomic mass is 10.1. The number of aliphatic carboxylic acids is 1. The average Bonchev–Trinajstić information content (AvgIpc) is 3.23. The molecule has 0 bridgehead atoms. The van der Waals surface area contributed by atoms with Crippen LogP contribution in [0.15, 0.2) is 12.4 Å². The number of thiophene rings is 1. The summed E-state index contributed by atoms with van der Waals surface area (Å²) >= 11 is 0.892. The normalized spacial score (nSPS) is 10.4. The molecule has 2 N–H and O–H groups in total. The zero-order valence-corrected chi connectivity index (χ0v) is 16.3. The fraction of sp³-hybridized carbons (Fsp3) is 0.353. The third-order valence-electron chi connectivity index (χ3n) is 3.58. The van der Waals surface area contributed by atoms with E-state index in [1.54, 1.807) is 6.92 Å². The van der Waals surface area contributed by atoms with Crippen LogP contribution in [0.1, 0.15) is 49.3 Å². The molecule has 0 aromatic carbocycles. The van der Waals surface area contributed by atoms with Gasteiger partial charge in [-0.15, -0.1) is 11.3 Å². The lowest BCUT2D eigenvalue weighted by Gasteiger charge is -2.07. The molecule has 0 saturated heterocycles. The largest absolute Gasteiger partial charge is 0.480 e. The number of esters is 2. The van der Waals surface area contributed by atoms with Crippen molar-refractivity contribution in [2.45, 2.75) is 26.8 Å². The molecule has 0 aliphatic heterocycles. The number of nitrogens with zero attached hydrogens (tertiary/aromatic N) is 2. The molecule has 28 heavy (non-hydrogen) atoms. The van der Waals surface area contributed by atoms with Gasteiger partial charge in [0, 0.05) is 6.20 Å². The number of carbonyl (C=O) groups is 4. The fourth-order valence-corrected chi connectivity index (χ4v) is 3.39. The molecule has 2 aromatic heterocycles. The molecule has 0 fully saturated rings. The summed E-state index contributed by atoms with van der Waals surface area (Å²) in [4.78, 5) is 47.7. The van der Waals surface area contributed by atoms with Gasteiger partial charge in [0.05, 0.1) is 31.0 Å². The summed E-state index contributed by atoms with van der Waals surface area (Å²) in [5.74, 6) is -3.02. The average molecular weight is 409 g/mol. The predicted molar refractivity (Wildman–Crippen MR) is 98.8 cm³/mol. The van der Waals surface area contributed by atoms with E-state index in [4.69, 9.17) is 14.6 Å². The highest BCUT2D eigenvalue weighted by Gasteiger charge is 2.27. The molecule has 0 radical (unpaired) electrons. The molecule has 1 amide bonds. The van der Waals surface area contributed by atoms with E-state index >= 15 is 0 Å². The highest BCUT2D eigenvalue weighted by atomic mass is 32.1. The van der Waals surface area contributed by atoms with Gasteiger partial charge >= 0.3 is 17.9 Å². The number of methoxy groups -OCH3 is 1. The van der Waals surface area contributed by atoms with Gasteiger partial charge in [-0.2, -0.15) is 5.10 Å². The van der Waals surface area contributed by atoms with Crippen LogP contribution in [-0.4, -0.2) is 52.4 Å². The van der Waals surface area contributed by atoms with Gasteiger partial charge in [0.15, 0.2) is 0 Å². The monoisotopic (exact) mass is 409 g/mol. The van der Waals surface area contributed by atoms with E-state index in [1.165, 1.54) is 19.5 Å². The van der Waals surface area contributed by atoms with Gasteiger partial charge in [-0.25, -0.2) is 9.59 Å². The van der Waals surface area contributed by atoms with Gasteiger partial charge < -0.3 is 19.9 Å². The van der Waals surface area contributed by atoms with Crippen molar-refractivity contribution < 1.29 is 33.8 Å². The van der Waals surface area contributed by atoms with Crippen molar-refractivity contribution in [1.29, 1.82) is 0 Å².